The Bertz CT molecular complexity index is 398. The quantitative estimate of drug-likeness (QED) is 0.782. The highest BCUT2D eigenvalue weighted by molar-refractivity contribution is 5.75. The van der Waals surface area contributed by atoms with Crippen LogP contribution in [-0.2, 0) is 9.53 Å². The molecule has 0 spiro atoms. The van der Waals surface area contributed by atoms with Gasteiger partial charge < -0.3 is 15.4 Å². The zero-order chi connectivity index (χ0) is 13.5. The lowest BCUT2D eigenvalue weighted by molar-refractivity contribution is -0.142. The van der Waals surface area contributed by atoms with Gasteiger partial charge in [0.2, 0.25) is 0 Å². The normalized spacial score (nSPS) is 12.0. The number of carbonyl (C=O) groups is 1. The molecular weight excluding hydrogens is 235 g/mol. The van der Waals surface area contributed by atoms with Crippen molar-refractivity contribution in [3.05, 3.63) is 30.1 Å². The summed E-state index contributed by atoms with van der Waals surface area (Å²) in [6.07, 6.45) is 0.469. The number of esters is 1. The standard InChI is InChI=1S/C13H19FN2O2/c1-3-16(8-7-12(15)13(17)18-2)11-6-4-5-10(14)9-11/h4-6,9,12H,3,7-8,15H2,1-2H3. The Hall–Kier alpha value is -1.62. The van der Waals surface area contributed by atoms with Gasteiger partial charge in [0.1, 0.15) is 11.9 Å². The van der Waals surface area contributed by atoms with Crippen LogP contribution in [-0.4, -0.2) is 32.2 Å². The third-order valence-corrected chi connectivity index (χ3v) is 2.77. The number of hydrogen-bond donors (Lipinski definition) is 1. The van der Waals surface area contributed by atoms with E-state index in [1.165, 1.54) is 19.2 Å². The summed E-state index contributed by atoms with van der Waals surface area (Å²) in [5.41, 5.74) is 6.45. The van der Waals surface area contributed by atoms with E-state index in [1.54, 1.807) is 6.07 Å². The topological polar surface area (TPSA) is 55.6 Å². The van der Waals surface area contributed by atoms with Crippen molar-refractivity contribution in [2.45, 2.75) is 19.4 Å². The molecule has 0 saturated carbocycles. The van der Waals surface area contributed by atoms with Gasteiger partial charge in [-0.25, -0.2) is 4.39 Å². The maximum Gasteiger partial charge on any atom is 0.322 e. The minimum atomic E-state index is -0.641. The highest BCUT2D eigenvalue weighted by Gasteiger charge is 2.15. The van der Waals surface area contributed by atoms with Crippen molar-refractivity contribution in [2.75, 3.05) is 25.1 Å². The summed E-state index contributed by atoms with van der Waals surface area (Å²) in [6, 6.07) is 5.71. The molecule has 1 atom stereocenters. The molecule has 0 fully saturated rings. The molecular formula is C13H19FN2O2. The minimum Gasteiger partial charge on any atom is -0.468 e. The monoisotopic (exact) mass is 254 g/mol. The van der Waals surface area contributed by atoms with Gasteiger partial charge in [-0.05, 0) is 31.5 Å². The van der Waals surface area contributed by atoms with E-state index in [2.05, 4.69) is 4.74 Å². The summed E-state index contributed by atoms with van der Waals surface area (Å²) in [5.74, 6) is -0.700. The maximum absolute atomic E-state index is 13.1. The summed E-state index contributed by atoms with van der Waals surface area (Å²) in [6.45, 7) is 3.27. The largest absolute Gasteiger partial charge is 0.468 e. The molecule has 5 heteroatoms. The molecule has 4 nitrogen and oxygen atoms in total. The summed E-state index contributed by atoms with van der Waals surface area (Å²) in [7, 11) is 1.31. The van der Waals surface area contributed by atoms with Gasteiger partial charge in [-0.3, -0.25) is 4.79 Å². The second kappa shape index (κ2) is 6.96. The van der Waals surface area contributed by atoms with E-state index in [0.29, 0.717) is 13.0 Å². The van der Waals surface area contributed by atoms with Gasteiger partial charge in [0, 0.05) is 18.8 Å². The lowest BCUT2D eigenvalue weighted by Crippen LogP contribution is -2.36. The number of anilines is 1. The van der Waals surface area contributed by atoms with E-state index in [9.17, 15) is 9.18 Å². The van der Waals surface area contributed by atoms with Crippen LogP contribution in [0.1, 0.15) is 13.3 Å². The van der Waals surface area contributed by atoms with Crippen LogP contribution in [0.25, 0.3) is 0 Å². The molecule has 1 aromatic carbocycles. The van der Waals surface area contributed by atoms with E-state index in [-0.39, 0.29) is 5.82 Å². The van der Waals surface area contributed by atoms with E-state index in [4.69, 9.17) is 5.73 Å². The van der Waals surface area contributed by atoms with Crippen molar-refractivity contribution >= 4 is 11.7 Å². The van der Waals surface area contributed by atoms with Crippen LogP contribution < -0.4 is 10.6 Å². The number of nitrogens with zero attached hydrogens (tertiary/aromatic N) is 1. The molecule has 0 radical (unpaired) electrons. The maximum atomic E-state index is 13.1. The molecule has 0 aromatic heterocycles. The number of hydrogen-bond acceptors (Lipinski definition) is 4. The second-order valence-electron chi connectivity index (χ2n) is 3.98. The SMILES string of the molecule is CCN(CCC(N)C(=O)OC)c1cccc(F)c1. The Balaban J connectivity index is 2.60. The lowest BCUT2D eigenvalue weighted by atomic mass is 10.2. The van der Waals surface area contributed by atoms with Crippen molar-refractivity contribution < 1.29 is 13.9 Å². The Labute approximate surface area is 107 Å². The number of carbonyl (C=O) groups excluding carboxylic acids is 1. The average Bonchev–Trinajstić information content (AvgIpc) is 2.38. The molecule has 0 aliphatic carbocycles. The predicted octanol–water partition coefficient (Wildman–Crippen LogP) is 1.54. The molecule has 0 heterocycles. The van der Waals surface area contributed by atoms with Crippen LogP contribution in [0.15, 0.2) is 24.3 Å². The molecule has 0 amide bonds. The van der Waals surface area contributed by atoms with Crippen molar-refractivity contribution in [3.63, 3.8) is 0 Å². The highest BCUT2D eigenvalue weighted by Crippen LogP contribution is 2.15. The van der Waals surface area contributed by atoms with Gasteiger partial charge in [-0.15, -0.1) is 0 Å². The molecule has 1 rings (SSSR count). The van der Waals surface area contributed by atoms with Crippen LogP contribution in [0.2, 0.25) is 0 Å². The summed E-state index contributed by atoms with van der Waals surface area (Å²) in [4.78, 5) is 13.1. The third-order valence-electron chi connectivity index (χ3n) is 2.77. The number of halogens is 1. The first-order valence-electron chi connectivity index (χ1n) is 5.92. The number of benzene rings is 1. The molecule has 0 aliphatic rings. The van der Waals surface area contributed by atoms with Crippen LogP contribution in [0, 0.1) is 5.82 Å². The van der Waals surface area contributed by atoms with E-state index < -0.39 is 12.0 Å². The number of ether oxygens (including phenoxy) is 1. The summed E-state index contributed by atoms with van der Waals surface area (Å²) < 4.78 is 17.7. The van der Waals surface area contributed by atoms with Gasteiger partial charge in [0.15, 0.2) is 0 Å². The summed E-state index contributed by atoms with van der Waals surface area (Å²) >= 11 is 0. The third kappa shape index (κ3) is 4.00. The summed E-state index contributed by atoms with van der Waals surface area (Å²) in [5, 5.41) is 0. The molecule has 0 aliphatic heterocycles. The Morgan fingerprint density at radius 2 is 2.28 bits per heavy atom. The highest BCUT2D eigenvalue weighted by atomic mass is 19.1. The minimum absolute atomic E-state index is 0.275. The molecule has 100 valence electrons. The first-order chi connectivity index (χ1) is 8.58. The van der Waals surface area contributed by atoms with Crippen LogP contribution in [0.5, 0.6) is 0 Å². The van der Waals surface area contributed by atoms with Crippen molar-refractivity contribution in [1.82, 2.24) is 0 Å². The second-order valence-corrected chi connectivity index (χ2v) is 3.98. The zero-order valence-corrected chi connectivity index (χ0v) is 10.7. The zero-order valence-electron chi connectivity index (χ0n) is 10.7. The van der Waals surface area contributed by atoms with Crippen LogP contribution >= 0.6 is 0 Å². The van der Waals surface area contributed by atoms with E-state index in [1.807, 2.05) is 17.9 Å². The van der Waals surface area contributed by atoms with Gasteiger partial charge >= 0.3 is 5.97 Å². The first-order valence-corrected chi connectivity index (χ1v) is 5.92. The van der Waals surface area contributed by atoms with Crippen molar-refractivity contribution in [3.8, 4) is 0 Å². The number of nitrogens with two attached hydrogens (primary N) is 1. The fourth-order valence-corrected chi connectivity index (χ4v) is 1.71. The van der Waals surface area contributed by atoms with Gasteiger partial charge in [-0.1, -0.05) is 6.07 Å². The van der Waals surface area contributed by atoms with Crippen LogP contribution in [0.4, 0.5) is 10.1 Å². The Morgan fingerprint density at radius 1 is 1.56 bits per heavy atom. The number of rotatable bonds is 6. The molecule has 0 saturated heterocycles. The van der Waals surface area contributed by atoms with Gasteiger partial charge in [0.25, 0.3) is 0 Å². The molecule has 1 aromatic rings. The molecule has 0 bridgehead atoms. The Kier molecular flexibility index (Phi) is 5.58. The average molecular weight is 254 g/mol. The van der Waals surface area contributed by atoms with Gasteiger partial charge in [0.05, 0.1) is 7.11 Å². The predicted molar refractivity (Wildman–Crippen MR) is 68.9 cm³/mol. The smallest absolute Gasteiger partial charge is 0.322 e. The van der Waals surface area contributed by atoms with Crippen molar-refractivity contribution in [1.29, 1.82) is 0 Å². The Morgan fingerprint density at radius 3 is 2.83 bits per heavy atom. The molecule has 2 N–H and O–H groups in total. The number of methoxy groups -OCH3 is 1. The molecule has 18 heavy (non-hydrogen) atoms. The van der Waals surface area contributed by atoms with Gasteiger partial charge in [-0.2, -0.15) is 0 Å². The van der Waals surface area contributed by atoms with Crippen molar-refractivity contribution in [2.24, 2.45) is 5.73 Å². The van der Waals surface area contributed by atoms with E-state index in [0.717, 1.165) is 12.2 Å². The first kappa shape index (κ1) is 14.4. The lowest BCUT2D eigenvalue weighted by Gasteiger charge is -2.24. The van der Waals surface area contributed by atoms with Crippen LogP contribution in [0.3, 0.4) is 0 Å². The fourth-order valence-electron chi connectivity index (χ4n) is 1.71. The fraction of sp³-hybridized carbons (Fsp3) is 0.462. The molecule has 1 unspecified atom stereocenters. The van der Waals surface area contributed by atoms with E-state index >= 15 is 0 Å².